The van der Waals surface area contributed by atoms with E-state index in [-0.39, 0.29) is 0 Å². The van der Waals surface area contributed by atoms with E-state index >= 15 is 0 Å². The zero-order valence-corrected chi connectivity index (χ0v) is 9.03. The van der Waals surface area contributed by atoms with E-state index in [0.29, 0.717) is 5.92 Å². The van der Waals surface area contributed by atoms with Gasteiger partial charge in [-0.1, -0.05) is 19.9 Å². The van der Waals surface area contributed by atoms with Gasteiger partial charge in [0.2, 0.25) is 0 Å². The maximum atomic E-state index is 4.65. The summed E-state index contributed by atoms with van der Waals surface area (Å²) >= 11 is 0. The predicted octanol–water partition coefficient (Wildman–Crippen LogP) is 2.41. The van der Waals surface area contributed by atoms with Gasteiger partial charge in [-0.05, 0) is 37.6 Å². The van der Waals surface area contributed by atoms with Crippen LogP contribution in [0.2, 0.25) is 0 Å². The molecule has 0 amide bonds. The first-order chi connectivity index (χ1) is 6.75. The van der Waals surface area contributed by atoms with Crippen molar-refractivity contribution in [2.45, 2.75) is 32.7 Å². The number of hydrogen-bond acceptors (Lipinski definition) is 2. The lowest BCUT2D eigenvalue weighted by Crippen LogP contribution is -2.36. The summed E-state index contributed by atoms with van der Waals surface area (Å²) in [6.45, 7) is 7.90. The summed E-state index contributed by atoms with van der Waals surface area (Å²) < 4.78 is 0. The van der Waals surface area contributed by atoms with Crippen molar-refractivity contribution >= 4 is 0 Å². The number of rotatable bonds is 3. The smallest absolute Gasteiger partial charge is 0.0547 e. The third-order valence-electron chi connectivity index (χ3n) is 2.75. The zero-order valence-electron chi connectivity index (χ0n) is 9.03. The van der Waals surface area contributed by atoms with Crippen molar-refractivity contribution in [2.75, 3.05) is 13.1 Å². The molecule has 1 aromatic rings. The van der Waals surface area contributed by atoms with Crippen LogP contribution in [0.4, 0.5) is 0 Å². The molecule has 0 radical (unpaired) electrons. The Morgan fingerprint density at radius 1 is 1.36 bits per heavy atom. The van der Waals surface area contributed by atoms with Crippen molar-refractivity contribution in [2.24, 2.45) is 0 Å². The second-order valence-corrected chi connectivity index (χ2v) is 4.34. The first kappa shape index (κ1) is 9.66. The Balaban J connectivity index is 2.05. The summed E-state index contributed by atoms with van der Waals surface area (Å²) in [4.78, 5) is 7.09. The van der Waals surface area contributed by atoms with E-state index in [9.17, 15) is 0 Å². The lowest BCUT2D eigenvalue weighted by molar-refractivity contribution is 0.170. The first-order valence-electron chi connectivity index (χ1n) is 5.44. The standard InChI is InChI=1S/C12H18N2/c1-10(2)12-6-3-5-11(13-12)9-14-7-4-8-14/h3,5-6,10H,4,7-9H2,1-2H3. The Labute approximate surface area is 86.0 Å². The molecule has 0 atom stereocenters. The number of pyridine rings is 1. The van der Waals surface area contributed by atoms with Crippen LogP contribution in [0.5, 0.6) is 0 Å². The Kier molecular flexibility index (Phi) is 2.82. The molecular weight excluding hydrogens is 172 g/mol. The van der Waals surface area contributed by atoms with Crippen molar-refractivity contribution in [3.63, 3.8) is 0 Å². The molecule has 0 unspecified atom stereocenters. The fraction of sp³-hybridized carbons (Fsp3) is 0.583. The van der Waals surface area contributed by atoms with Gasteiger partial charge in [0.15, 0.2) is 0 Å². The summed E-state index contributed by atoms with van der Waals surface area (Å²) in [5.41, 5.74) is 2.43. The molecule has 1 saturated heterocycles. The minimum Gasteiger partial charge on any atom is -0.297 e. The number of aromatic nitrogens is 1. The van der Waals surface area contributed by atoms with Gasteiger partial charge in [-0.25, -0.2) is 0 Å². The minimum atomic E-state index is 0.534. The zero-order chi connectivity index (χ0) is 9.97. The Morgan fingerprint density at radius 2 is 2.14 bits per heavy atom. The highest BCUT2D eigenvalue weighted by atomic mass is 15.2. The highest BCUT2D eigenvalue weighted by molar-refractivity contribution is 5.14. The van der Waals surface area contributed by atoms with Crippen molar-refractivity contribution in [1.82, 2.24) is 9.88 Å². The van der Waals surface area contributed by atoms with Crippen molar-refractivity contribution in [3.05, 3.63) is 29.6 Å². The maximum Gasteiger partial charge on any atom is 0.0547 e. The third kappa shape index (κ3) is 2.13. The number of likely N-dealkylation sites (tertiary alicyclic amines) is 1. The van der Waals surface area contributed by atoms with Crippen molar-refractivity contribution in [3.8, 4) is 0 Å². The van der Waals surface area contributed by atoms with E-state index in [4.69, 9.17) is 0 Å². The monoisotopic (exact) mass is 190 g/mol. The topological polar surface area (TPSA) is 16.1 Å². The molecule has 2 nitrogen and oxygen atoms in total. The molecule has 0 aliphatic carbocycles. The SMILES string of the molecule is CC(C)c1cccc(CN2CCC2)n1. The Bertz CT molecular complexity index is 303. The molecule has 0 N–H and O–H groups in total. The molecule has 2 heteroatoms. The van der Waals surface area contributed by atoms with Gasteiger partial charge >= 0.3 is 0 Å². The molecule has 0 bridgehead atoms. The molecule has 14 heavy (non-hydrogen) atoms. The highest BCUT2D eigenvalue weighted by Gasteiger charge is 2.14. The van der Waals surface area contributed by atoms with Gasteiger partial charge in [0, 0.05) is 12.2 Å². The fourth-order valence-corrected chi connectivity index (χ4v) is 1.68. The van der Waals surface area contributed by atoms with E-state index < -0.39 is 0 Å². The van der Waals surface area contributed by atoms with Gasteiger partial charge in [0.1, 0.15) is 0 Å². The fourth-order valence-electron chi connectivity index (χ4n) is 1.68. The van der Waals surface area contributed by atoms with Crippen LogP contribution in [0, 0.1) is 0 Å². The molecule has 2 rings (SSSR count). The summed E-state index contributed by atoms with van der Waals surface area (Å²) in [7, 11) is 0. The van der Waals surface area contributed by atoms with Gasteiger partial charge in [0.05, 0.1) is 5.69 Å². The molecule has 2 heterocycles. The Hall–Kier alpha value is -0.890. The maximum absolute atomic E-state index is 4.65. The van der Waals surface area contributed by atoms with E-state index in [1.807, 2.05) is 0 Å². The molecule has 1 aliphatic rings. The average Bonchev–Trinajstić information content (AvgIpc) is 2.12. The van der Waals surface area contributed by atoms with Crippen LogP contribution < -0.4 is 0 Å². The van der Waals surface area contributed by atoms with Crippen LogP contribution in [0.15, 0.2) is 18.2 Å². The average molecular weight is 190 g/mol. The van der Waals surface area contributed by atoms with Crippen LogP contribution in [-0.4, -0.2) is 23.0 Å². The molecule has 1 aromatic heterocycles. The van der Waals surface area contributed by atoms with Crippen LogP contribution in [-0.2, 0) is 6.54 Å². The quantitative estimate of drug-likeness (QED) is 0.727. The lowest BCUT2D eigenvalue weighted by atomic mass is 10.1. The van der Waals surface area contributed by atoms with Crippen LogP contribution >= 0.6 is 0 Å². The van der Waals surface area contributed by atoms with Crippen LogP contribution in [0.25, 0.3) is 0 Å². The van der Waals surface area contributed by atoms with Gasteiger partial charge in [-0.2, -0.15) is 0 Å². The molecule has 0 spiro atoms. The third-order valence-corrected chi connectivity index (χ3v) is 2.75. The van der Waals surface area contributed by atoms with Gasteiger partial charge < -0.3 is 0 Å². The van der Waals surface area contributed by atoms with Gasteiger partial charge in [-0.3, -0.25) is 9.88 Å². The molecule has 0 aromatic carbocycles. The molecular formula is C12H18N2. The largest absolute Gasteiger partial charge is 0.297 e. The summed E-state index contributed by atoms with van der Waals surface area (Å²) in [5.74, 6) is 0.534. The van der Waals surface area contributed by atoms with Crippen LogP contribution in [0.3, 0.4) is 0 Å². The van der Waals surface area contributed by atoms with E-state index in [1.54, 1.807) is 0 Å². The minimum absolute atomic E-state index is 0.534. The molecule has 0 saturated carbocycles. The molecule has 1 aliphatic heterocycles. The lowest BCUT2D eigenvalue weighted by Gasteiger charge is -2.30. The first-order valence-corrected chi connectivity index (χ1v) is 5.44. The van der Waals surface area contributed by atoms with Crippen molar-refractivity contribution < 1.29 is 0 Å². The summed E-state index contributed by atoms with van der Waals surface area (Å²) in [5, 5.41) is 0. The highest BCUT2D eigenvalue weighted by Crippen LogP contribution is 2.14. The summed E-state index contributed by atoms with van der Waals surface area (Å²) in [6, 6.07) is 6.37. The van der Waals surface area contributed by atoms with E-state index in [0.717, 1.165) is 6.54 Å². The van der Waals surface area contributed by atoms with Crippen LogP contribution in [0.1, 0.15) is 37.6 Å². The number of nitrogens with zero attached hydrogens (tertiary/aromatic N) is 2. The van der Waals surface area contributed by atoms with Gasteiger partial charge in [0.25, 0.3) is 0 Å². The van der Waals surface area contributed by atoms with Gasteiger partial charge in [-0.15, -0.1) is 0 Å². The van der Waals surface area contributed by atoms with Crippen molar-refractivity contribution in [1.29, 1.82) is 0 Å². The number of hydrogen-bond donors (Lipinski definition) is 0. The molecule has 1 fully saturated rings. The van der Waals surface area contributed by atoms with E-state index in [1.165, 1.54) is 30.9 Å². The Morgan fingerprint density at radius 3 is 2.71 bits per heavy atom. The molecule has 76 valence electrons. The van der Waals surface area contributed by atoms with E-state index in [2.05, 4.69) is 41.9 Å². The summed E-state index contributed by atoms with van der Waals surface area (Å²) in [6.07, 6.45) is 1.35. The second kappa shape index (κ2) is 4.09. The normalized spacial score (nSPS) is 17.1. The predicted molar refractivity (Wildman–Crippen MR) is 58.2 cm³/mol. The second-order valence-electron chi connectivity index (χ2n) is 4.34.